The molecule has 1 aromatic heterocycles. The molecule has 17 heavy (non-hydrogen) atoms. The lowest BCUT2D eigenvalue weighted by Gasteiger charge is -2.05. The van der Waals surface area contributed by atoms with Gasteiger partial charge in [0.2, 0.25) is 0 Å². The molecule has 0 fully saturated rings. The highest BCUT2D eigenvalue weighted by molar-refractivity contribution is 5.78. The summed E-state index contributed by atoms with van der Waals surface area (Å²) in [5, 5.41) is 7.20. The molecule has 0 atom stereocenters. The molecule has 0 bridgehead atoms. The standard InChI is InChI=1S/C13H18N4/c1-9-6-11-12(7-10(9)2)17(8-16-11)5-3-4-13(14)15/h6-8H,3-5H2,1-2H3,(H3,14,15). The van der Waals surface area contributed by atoms with E-state index < -0.39 is 0 Å². The van der Waals surface area contributed by atoms with Gasteiger partial charge < -0.3 is 10.3 Å². The first-order chi connectivity index (χ1) is 8.08. The van der Waals surface area contributed by atoms with Gasteiger partial charge in [0.15, 0.2) is 0 Å². The monoisotopic (exact) mass is 230 g/mol. The van der Waals surface area contributed by atoms with Gasteiger partial charge in [-0.1, -0.05) is 0 Å². The molecule has 0 saturated heterocycles. The van der Waals surface area contributed by atoms with Gasteiger partial charge in [-0.15, -0.1) is 0 Å². The van der Waals surface area contributed by atoms with Crippen molar-refractivity contribution < 1.29 is 0 Å². The van der Waals surface area contributed by atoms with Gasteiger partial charge in [0.05, 0.1) is 23.2 Å². The van der Waals surface area contributed by atoms with E-state index >= 15 is 0 Å². The molecule has 2 aromatic rings. The van der Waals surface area contributed by atoms with Crippen LogP contribution in [0.5, 0.6) is 0 Å². The highest BCUT2D eigenvalue weighted by Gasteiger charge is 2.04. The number of imidazole rings is 1. The van der Waals surface area contributed by atoms with Gasteiger partial charge in [0.25, 0.3) is 0 Å². The van der Waals surface area contributed by atoms with E-state index in [1.165, 1.54) is 11.1 Å². The van der Waals surface area contributed by atoms with Crippen molar-refractivity contribution in [2.24, 2.45) is 5.73 Å². The molecule has 2 rings (SSSR count). The second kappa shape index (κ2) is 4.57. The van der Waals surface area contributed by atoms with Crippen molar-refractivity contribution in [3.8, 4) is 0 Å². The molecule has 0 spiro atoms. The third-order valence-corrected chi connectivity index (χ3v) is 3.08. The molecule has 1 aromatic carbocycles. The Labute approximate surface area is 101 Å². The predicted molar refractivity (Wildman–Crippen MR) is 70.4 cm³/mol. The van der Waals surface area contributed by atoms with Crippen LogP contribution in [0.3, 0.4) is 0 Å². The minimum atomic E-state index is 0.251. The summed E-state index contributed by atoms with van der Waals surface area (Å²) in [5.74, 6) is 0.251. The molecule has 0 aliphatic heterocycles. The number of hydrogen-bond acceptors (Lipinski definition) is 2. The number of rotatable bonds is 4. The lowest BCUT2D eigenvalue weighted by molar-refractivity contribution is 0.672. The summed E-state index contributed by atoms with van der Waals surface area (Å²) >= 11 is 0. The largest absolute Gasteiger partial charge is 0.388 e. The smallest absolute Gasteiger partial charge is 0.0958 e. The van der Waals surface area contributed by atoms with Crippen LogP contribution >= 0.6 is 0 Å². The van der Waals surface area contributed by atoms with E-state index in [1.807, 2.05) is 6.33 Å². The summed E-state index contributed by atoms with van der Waals surface area (Å²) in [7, 11) is 0. The SMILES string of the molecule is Cc1cc2ncn(CCCC(=N)N)c2cc1C. The number of amidine groups is 1. The molecule has 0 unspecified atom stereocenters. The number of hydrogen-bond donors (Lipinski definition) is 2. The van der Waals surface area contributed by atoms with Crippen molar-refractivity contribution in [2.45, 2.75) is 33.2 Å². The van der Waals surface area contributed by atoms with Crippen molar-refractivity contribution in [1.82, 2.24) is 9.55 Å². The molecule has 90 valence electrons. The van der Waals surface area contributed by atoms with Crippen LogP contribution in [0.25, 0.3) is 11.0 Å². The first-order valence-electron chi connectivity index (χ1n) is 5.83. The Bertz CT molecular complexity index is 554. The van der Waals surface area contributed by atoms with Crippen LogP contribution in [-0.4, -0.2) is 15.4 Å². The van der Waals surface area contributed by atoms with Gasteiger partial charge in [-0.2, -0.15) is 0 Å². The van der Waals surface area contributed by atoms with Crippen molar-refractivity contribution in [3.05, 3.63) is 29.6 Å². The first-order valence-corrected chi connectivity index (χ1v) is 5.83. The van der Waals surface area contributed by atoms with E-state index in [9.17, 15) is 0 Å². The number of fused-ring (bicyclic) bond motifs is 1. The summed E-state index contributed by atoms with van der Waals surface area (Å²) in [6, 6.07) is 4.29. The van der Waals surface area contributed by atoms with Crippen LogP contribution in [0.2, 0.25) is 0 Å². The number of aryl methyl sites for hydroxylation is 3. The third-order valence-electron chi connectivity index (χ3n) is 3.08. The van der Waals surface area contributed by atoms with E-state index in [0.717, 1.165) is 24.0 Å². The molecule has 4 heteroatoms. The molecule has 4 nitrogen and oxygen atoms in total. The van der Waals surface area contributed by atoms with Gasteiger partial charge in [0, 0.05) is 13.0 Å². The van der Waals surface area contributed by atoms with Gasteiger partial charge in [-0.25, -0.2) is 4.98 Å². The van der Waals surface area contributed by atoms with Crippen molar-refractivity contribution in [1.29, 1.82) is 5.41 Å². The lowest BCUT2D eigenvalue weighted by atomic mass is 10.1. The predicted octanol–water partition coefficient (Wildman–Crippen LogP) is 2.37. The Morgan fingerprint density at radius 2 is 2.06 bits per heavy atom. The van der Waals surface area contributed by atoms with Gasteiger partial charge in [0.1, 0.15) is 0 Å². The van der Waals surface area contributed by atoms with Crippen LogP contribution < -0.4 is 5.73 Å². The summed E-state index contributed by atoms with van der Waals surface area (Å²) in [4.78, 5) is 4.40. The second-order valence-corrected chi connectivity index (χ2v) is 4.49. The number of nitrogens with two attached hydrogens (primary N) is 1. The summed E-state index contributed by atoms with van der Waals surface area (Å²) in [6.07, 6.45) is 3.39. The maximum absolute atomic E-state index is 7.20. The van der Waals surface area contributed by atoms with Crippen LogP contribution in [0.4, 0.5) is 0 Å². The quantitative estimate of drug-likeness (QED) is 0.625. The number of aromatic nitrogens is 2. The number of nitrogens with one attached hydrogen (secondary N) is 1. The molecular formula is C13H18N4. The fourth-order valence-corrected chi connectivity index (χ4v) is 1.93. The van der Waals surface area contributed by atoms with Gasteiger partial charge in [-0.05, 0) is 43.5 Å². The van der Waals surface area contributed by atoms with E-state index in [4.69, 9.17) is 11.1 Å². The van der Waals surface area contributed by atoms with E-state index in [0.29, 0.717) is 6.42 Å². The Kier molecular flexibility index (Phi) is 3.13. The van der Waals surface area contributed by atoms with Crippen LogP contribution in [-0.2, 0) is 6.54 Å². The Morgan fingerprint density at radius 3 is 2.76 bits per heavy atom. The summed E-state index contributed by atoms with van der Waals surface area (Å²) in [5.41, 5.74) is 10.1. The molecular weight excluding hydrogens is 212 g/mol. The average Bonchev–Trinajstić information content (AvgIpc) is 2.62. The lowest BCUT2D eigenvalue weighted by Crippen LogP contribution is -2.10. The average molecular weight is 230 g/mol. The zero-order valence-corrected chi connectivity index (χ0v) is 10.3. The van der Waals surface area contributed by atoms with E-state index in [1.54, 1.807) is 0 Å². The molecule has 3 N–H and O–H groups in total. The zero-order chi connectivity index (χ0) is 12.4. The minimum Gasteiger partial charge on any atom is -0.388 e. The molecule has 0 amide bonds. The fraction of sp³-hybridized carbons (Fsp3) is 0.385. The van der Waals surface area contributed by atoms with Crippen LogP contribution in [0, 0.1) is 19.3 Å². The zero-order valence-electron chi connectivity index (χ0n) is 10.3. The first kappa shape index (κ1) is 11.6. The van der Waals surface area contributed by atoms with Gasteiger partial charge in [-0.3, -0.25) is 5.41 Å². The summed E-state index contributed by atoms with van der Waals surface area (Å²) < 4.78 is 2.13. The normalized spacial score (nSPS) is 10.9. The highest BCUT2D eigenvalue weighted by Crippen LogP contribution is 2.18. The minimum absolute atomic E-state index is 0.251. The highest BCUT2D eigenvalue weighted by atomic mass is 15.0. The van der Waals surface area contributed by atoms with E-state index in [2.05, 4.69) is 35.5 Å². The number of benzene rings is 1. The maximum Gasteiger partial charge on any atom is 0.0958 e. The molecule has 1 heterocycles. The molecule has 0 aliphatic carbocycles. The Hall–Kier alpha value is -1.84. The topological polar surface area (TPSA) is 67.7 Å². The molecule has 0 aliphatic rings. The van der Waals surface area contributed by atoms with Crippen molar-refractivity contribution in [2.75, 3.05) is 0 Å². The van der Waals surface area contributed by atoms with Crippen LogP contribution in [0.1, 0.15) is 24.0 Å². The molecule has 0 saturated carbocycles. The van der Waals surface area contributed by atoms with E-state index in [-0.39, 0.29) is 5.84 Å². The Balaban J connectivity index is 2.23. The Morgan fingerprint density at radius 1 is 1.35 bits per heavy atom. The number of nitrogens with zero attached hydrogens (tertiary/aromatic N) is 2. The van der Waals surface area contributed by atoms with Crippen molar-refractivity contribution >= 4 is 16.9 Å². The maximum atomic E-state index is 7.20. The third kappa shape index (κ3) is 2.46. The molecule has 0 radical (unpaired) electrons. The van der Waals surface area contributed by atoms with Crippen molar-refractivity contribution in [3.63, 3.8) is 0 Å². The second-order valence-electron chi connectivity index (χ2n) is 4.49. The summed E-state index contributed by atoms with van der Waals surface area (Å²) in [6.45, 7) is 5.07. The van der Waals surface area contributed by atoms with Gasteiger partial charge >= 0.3 is 0 Å². The fourth-order valence-electron chi connectivity index (χ4n) is 1.93. The van der Waals surface area contributed by atoms with Crippen LogP contribution in [0.15, 0.2) is 18.5 Å².